The first kappa shape index (κ1) is 14.6. The highest BCUT2D eigenvalue weighted by molar-refractivity contribution is 5.94. The van der Waals surface area contributed by atoms with Gasteiger partial charge in [-0.25, -0.2) is 9.78 Å². The molecular formula is C15H16N4O2. The van der Waals surface area contributed by atoms with Crippen molar-refractivity contribution >= 4 is 18.0 Å². The van der Waals surface area contributed by atoms with Gasteiger partial charge < -0.3 is 4.74 Å². The Labute approximate surface area is 122 Å². The molecule has 1 N–H and O–H groups in total. The fourth-order valence-corrected chi connectivity index (χ4v) is 1.86. The van der Waals surface area contributed by atoms with E-state index in [9.17, 15) is 4.79 Å². The Balaban J connectivity index is 2.21. The number of hydrogen-bond donors (Lipinski definition) is 1. The lowest BCUT2D eigenvalue weighted by molar-refractivity contribution is 0.0600. The topological polar surface area (TPSA) is 76.5 Å². The summed E-state index contributed by atoms with van der Waals surface area (Å²) in [4.78, 5) is 19.7. The maximum absolute atomic E-state index is 11.7. The Morgan fingerprint density at radius 3 is 2.76 bits per heavy atom. The summed E-state index contributed by atoms with van der Waals surface area (Å²) in [6.07, 6.45) is 6.36. The largest absolute Gasteiger partial charge is 0.465 e. The lowest BCUT2D eigenvalue weighted by Crippen LogP contribution is -2.06. The Morgan fingerprint density at radius 1 is 1.29 bits per heavy atom. The second kappa shape index (κ2) is 6.60. The second-order valence-electron chi connectivity index (χ2n) is 4.48. The molecule has 0 aliphatic rings. The van der Waals surface area contributed by atoms with E-state index in [4.69, 9.17) is 4.74 Å². The zero-order valence-corrected chi connectivity index (χ0v) is 12.1. The van der Waals surface area contributed by atoms with E-state index in [0.717, 1.165) is 16.7 Å². The zero-order valence-electron chi connectivity index (χ0n) is 12.1. The van der Waals surface area contributed by atoms with Crippen LogP contribution in [-0.4, -0.2) is 29.3 Å². The van der Waals surface area contributed by atoms with Crippen LogP contribution in [0.4, 0.5) is 5.82 Å². The molecule has 0 unspecified atom stereocenters. The molecule has 2 aromatic rings. The third kappa shape index (κ3) is 3.62. The van der Waals surface area contributed by atoms with Crippen LogP contribution in [0.5, 0.6) is 0 Å². The van der Waals surface area contributed by atoms with Crippen molar-refractivity contribution in [3.05, 3.63) is 53.0 Å². The molecule has 108 valence electrons. The SMILES string of the molecule is COC(=O)c1cc(C=NNc2cnccn2)c(C)cc1C. The van der Waals surface area contributed by atoms with Gasteiger partial charge >= 0.3 is 5.97 Å². The van der Waals surface area contributed by atoms with Crippen LogP contribution in [0, 0.1) is 13.8 Å². The van der Waals surface area contributed by atoms with Crippen LogP contribution >= 0.6 is 0 Å². The van der Waals surface area contributed by atoms with Gasteiger partial charge in [0.05, 0.1) is 25.1 Å². The minimum Gasteiger partial charge on any atom is -0.465 e. The van der Waals surface area contributed by atoms with Crippen LogP contribution in [0.15, 0.2) is 35.8 Å². The van der Waals surface area contributed by atoms with E-state index in [1.807, 2.05) is 19.9 Å². The summed E-state index contributed by atoms with van der Waals surface area (Å²) in [5.74, 6) is 0.191. The lowest BCUT2D eigenvalue weighted by atomic mass is 10.0. The van der Waals surface area contributed by atoms with E-state index < -0.39 is 0 Å². The Hall–Kier alpha value is -2.76. The molecule has 0 fully saturated rings. The smallest absolute Gasteiger partial charge is 0.338 e. The van der Waals surface area contributed by atoms with Crippen molar-refractivity contribution in [3.63, 3.8) is 0 Å². The zero-order chi connectivity index (χ0) is 15.2. The van der Waals surface area contributed by atoms with Crippen LogP contribution in [0.3, 0.4) is 0 Å². The Morgan fingerprint density at radius 2 is 2.10 bits per heavy atom. The monoisotopic (exact) mass is 284 g/mol. The predicted octanol–water partition coefficient (Wildman–Crippen LogP) is 2.33. The molecule has 21 heavy (non-hydrogen) atoms. The number of nitrogens with zero attached hydrogens (tertiary/aromatic N) is 3. The average molecular weight is 284 g/mol. The number of esters is 1. The number of hydrogen-bond acceptors (Lipinski definition) is 6. The molecule has 0 saturated carbocycles. The van der Waals surface area contributed by atoms with Gasteiger partial charge in [0.2, 0.25) is 0 Å². The summed E-state index contributed by atoms with van der Waals surface area (Å²) in [5.41, 5.74) is 6.03. The van der Waals surface area contributed by atoms with Crippen LogP contribution in [0.2, 0.25) is 0 Å². The van der Waals surface area contributed by atoms with Gasteiger partial charge in [0.25, 0.3) is 0 Å². The van der Waals surface area contributed by atoms with Gasteiger partial charge in [-0.1, -0.05) is 6.07 Å². The first-order chi connectivity index (χ1) is 10.1. The quantitative estimate of drug-likeness (QED) is 0.529. The second-order valence-corrected chi connectivity index (χ2v) is 4.48. The van der Waals surface area contributed by atoms with E-state index in [2.05, 4.69) is 20.5 Å². The highest BCUT2D eigenvalue weighted by Crippen LogP contribution is 2.16. The van der Waals surface area contributed by atoms with Crippen molar-refractivity contribution in [2.45, 2.75) is 13.8 Å². The highest BCUT2D eigenvalue weighted by Gasteiger charge is 2.11. The molecule has 1 heterocycles. The molecule has 0 amide bonds. The number of hydrazone groups is 1. The fourth-order valence-electron chi connectivity index (χ4n) is 1.86. The van der Waals surface area contributed by atoms with Gasteiger partial charge in [-0.05, 0) is 36.6 Å². The van der Waals surface area contributed by atoms with E-state index in [1.165, 1.54) is 7.11 Å². The third-order valence-electron chi connectivity index (χ3n) is 2.96. The van der Waals surface area contributed by atoms with Crippen molar-refractivity contribution in [2.75, 3.05) is 12.5 Å². The van der Waals surface area contributed by atoms with E-state index in [0.29, 0.717) is 11.4 Å². The third-order valence-corrected chi connectivity index (χ3v) is 2.96. The minimum absolute atomic E-state index is 0.357. The summed E-state index contributed by atoms with van der Waals surface area (Å²) in [6.45, 7) is 3.83. The van der Waals surface area contributed by atoms with Crippen molar-refractivity contribution in [1.29, 1.82) is 0 Å². The lowest BCUT2D eigenvalue weighted by Gasteiger charge is -2.08. The van der Waals surface area contributed by atoms with E-state index in [-0.39, 0.29) is 5.97 Å². The first-order valence-electron chi connectivity index (χ1n) is 6.36. The molecule has 0 radical (unpaired) electrons. The number of nitrogens with one attached hydrogen (secondary N) is 1. The molecule has 0 aliphatic carbocycles. The molecule has 6 nitrogen and oxygen atoms in total. The molecule has 0 atom stereocenters. The number of aryl methyl sites for hydroxylation is 2. The van der Waals surface area contributed by atoms with Gasteiger partial charge in [-0.2, -0.15) is 5.10 Å². The van der Waals surface area contributed by atoms with E-state index in [1.54, 1.807) is 30.9 Å². The molecule has 0 saturated heterocycles. The van der Waals surface area contributed by atoms with Gasteiger partial charge in [-0.3, -0.25) is 10.4 Å². The van der Waals surface area contributed by atoms with Crippen LogP contribution in [0.25, 0.3) is 0 Å². The maximum atomic E-state index is 11.7. The normalized spacial score (nSPS) is 10.6. The van der Waals surface area contributed by atoms with Gasteiger partial charge in [0.15, 0.2) is 5.82 Å². The number of carbonyl (C=O) groups is 1. The standard InChI is InChI=1S/C15H16N4O2/c1-10-6-11(2)13(15(20)21-3)7-12(10)8-18-19-14-9-16-4-5-17-14/h4-9H,1-3H3,(H,17,19). The first-order valence-corrected chi connectivity index (χ1v) is 6.36. The van der Waals surface area contributed by atoms with Gasteiger partial charge in [-0.15, -0.1) is 0 Å². The van der Waals surface area contributed by atoms with Crippen molar-refractivity contribution in [3.8, 4) is 0 Å². The molecule has 0 bridgehead atoms. The number of methoxy groups -OCH3 is 1. The molecule has 2 rings (SSSR count). The van der Waals surface area contributed by atoms with E-state index >= 15 is 0 Å². The Bertz CT molecular complexity index is 669. The summed E-state index contributed by atoms with van der Waals surface area (Å²) in [7, 11) is 1.37. The number of carbonyl (C=O) groups excluding carboxylic acids is 1. The average Bonchev–Trinajstić information content (AvgIpc) is 2.49. The predicted molar refractivity (Wildman–Crippen MR) is 80.5 cm³/mol. The van der Waals surface area contributed by atoms with Crippen molar-refractivity contribution in [2.24, 2.45) is 5.10 Å². The number of anilines is 1. The maximum Gasteiger partial charge on any atom is 0.338 e. The van der Waals surface area contributed by atoms with Crippen molar-refractivity contribution in [1.82, 2.24) is 9.97 Å². The van der Waals surface area contributed by atoms with Crippen LogP contribution < -0.4 is 5.43 Å². The summed E-state index contributed by atoms with van der Waals surface area (Å²) >= 11 is 0. The minimum atomic E-state index is -0.357. The number of aromatic nitrogens is 2. The summed E-state index contributed by atoms with van der Waals surface area (Å²) in [5, 5.41) is 4.10. The molecule has 6 heteroatoms. The number of rotatable bonds is 4. The highest BCUT2D eigenvalue weighted by atomic mass is 16.5. The van der Waals surface area contributed by atoms with Gasteiger partial charge in [0, 0.05) is 12.4 Å². The van der Waals surface area contributed by atoms with Crippen molar-refractivity contribution < 1.29 is 9.53 Å². The fraction of sp³-hybridized carbons (Fsp3) is 0.200. The summed E-state index contributed by atoms with van der Waals surface area (Å²) in [6, 6.07) is 3.69. The molecule has 1 aromatic carbocycles. The number of ether oxygens (including phenoxy) is 1. The molecule has 0 aliphatic heterocycles. The van der Waals surface area contributed by atoms with Gasteiger partial charge in [0.1, 0.15) is 0 Å². The molecule has 1 aromatic heterocycles. The molecule has 0 spiro atoms. The number of benzene rings is 1. The Kier molecular flexibility index (Phi) is 4.61. The van der Waals surface area contributed by atoms with Crippen LogP contribution in [-0.2, 0) is 4.74 Å². The molecular weight excluding hydrogens is 268 g/mol. The van der Waals surface area contributed by atoms with Crippen LogP contribution in [0.1, 0.15) is 27.0 Å². The summed E-state index contributed by atoms with van der Waals surface area (Å²) < 4.78 is 4.77.